The van der Waals surface area contributed by atoms with E-state index in [1.165, 1.54) is 0 Å². The van der Waals surface area contributed by atoms with Crippen LogP contribution in [0.2, 0.25) is 5.02 Å². The van der Waals surface area contributed by atoms with Crippen molar-refractivity contribution in [2.45, 2.75) is 6.42 Å². The zero-order chi connectivity index (χ0) is 13.7. The third kappa shape index (κ3) is 4.37. The number of Topliss-reactive ketones (excluding diaryl/α,β-unsaturated/α-hetero) is 1. The molecule has 2 rings (SSSR count). The van der Waals surface area contributed by atoms with Crippen molar-refractivity contribution in [3.8, 4) is 5.75 Å². The van der Waals surface area contributed by atoms with Crippen LogP contribution >= 0.6 is 27.5 Å². The summed E-state index contributed by atoms with van der Waals surface area (Å²) in [7, 11) is 0. The summed E-state index contributed by atoms with van der Waals surface area (Å²) >= 11 is 9.26. The molecule has 0 aromatic heterocycles. The molecule has 0 aliphatic rings. The summed E-state index contributed by atoms with van der Waals surface area (Å²) in [5.74, 6) is 0.625. The Morgan fingerprint density at radius 3 is 2.68 bits per heavy atom. The van der Waals surface area contributed by atoms with E-state index in [9.17, 15) is 4.79 Å². The fourth-order valence-electron chi connectivity index (χ4n) is 1.63. The van der Waals surface area contributed by atoms with E-state index < -0.39 is 0 Å². The van der Waals surface area contributed by atoms with Crippen LogP contribution in [0.25, 0.3) is 0 Å². The molecule has 0 radical (unpaired) electrons. The third-order valence-electron chi connectivity index (χ3n) is 2.54. The van der Waals surface area contributed by atoms with Crippen molar-refractivity contribution in [3.05, 3.63) is 63.6 Å². The molecule has 0 amide bonds. The number of ether oxygens (including phenoxy) is 1. The predicted molar refractivity (Wildman–Crippen MR) is 79.8 cm³/mol. The van der Waals surface area contributed by atoms with Crippen LogP contribution in [0.1, 0.15) is 5.56 Å². The molecule has 0 aliphatic carbocycles. The molecular weight excluding hydrogens is 328 g/mol. The molecule has 0 unspecified atom stereocenters. The first kappa shape index (κ1) is 14.1. The first-order valence-corrected chi connectivity index (χ1v) is 6.96. The van der Waals surface area contributed by atoms with E-state index in [0.717, 1.165) is 10.0 Å². The van der Waals surface area contributed by atoms with Gasteiger partial charge in [0.1, 0.15) is 12.4 Å². The zero-order valence-corrected chi connectivity index (χ0v) is 12.4. The Hall–Kier alpha value is -1.32. The molecule has 0 bridgehead atoms. The topological polar surface area (TPSA) is 26.3 Å². The van der Waals surface area contributed by atoms with Gasteiger partial charge in [0.2, 0.25) is 0 Å². The van der Waals surface area contributed by atoms with Crippen molar-refractivity contribution in [1.29, 1.82) is 0 Å². The number of hydrogen-bond donors (Lipinski definition) is 0. The third-order valence-corrected chi connectivity index (χ3v) is 3.55. The van der Waals surface area contributed by atoms with Gasteiger partial charge in [-0.25, -0.2) is 0 Å². The van der Waals surface area contributed by atoms with Crippen molar-refractivity contribution < 1.29 is 9.53 Å². The summed E-state index contributed by atoms with van der Waals surface area (Å²) < 4.78 is 6.35. The summed E-state index contributed by atoms with van der Waals surface area (Å²) in [6.45, 7) is 0.0433. The van der Waals surface area contributed by atoms with Crippen LogP contribution in [-0.2, 0) is 11.2 Å². The lowest BCUT2D eigenvalue weighted by molar-refractivity contribution is -0.120. The summed E-state index contributed by atoms with van der Waals surface area (Å²) in [5.41, 5.74) is 0.960. The molecular formula is C15H12BrClO2. The lowest BCUT2D eigenvalue weighted by atomic mass is 10.1. The molecule has 2 aromatic rings. The van der Waals surface area contributed by atoms with E-state index in [4.69, 9.17) is 16.3 Å². The van der Waals surface area contributed by atoms with Gasteiger partial charge in [-0.1, -0.05) is 51.8 Å². The minimum Gasteiger partial charge on any atom is -0.486 e. The number of ketones is 1. The minimum atomic E-state index is 0.0203. The number of carbonyl (C=O) groups is 1. The number of benzene rings is 2. The summed E-state index contributed by atoms with van der Waals surface area (Å²) in [6.07, 6.45) is 0.349. The van der Waals surface area contributed by atoms with Crippen LogP contribution in [0.3, 0.4) is 0 Å². The lowest BCUT2D eigenvalue weighted by Crippen LogP contribution is -2.14. The Morgan fingerprint density at radius 2 is 1.95 bits per heavy atom. The van der Waals surface area contributed by atoms with Crippen molar-refractivity contribution in [2.75, 3.05) is 6.61 Å². The number of halogens is 2. The SMILES string of the molecule is O=C(COc1cccc(Cl)c1)Cc1ccccc1Br. The number of carbonyl (C=O) groups excluding carboxylic acids is 1. The molecule has 98 valence electrons. The van der Waals surface area contributed by atoms with Crippen molar-refractivity contribution in [3.63, 3.8) is 0 Å². The van der Waals surface area contributed by atoms with Crippen molar-refractivity contribution in [1.82, 2.24) is 0 Å². The summed E-state index contributed by atoms with van der Waals surface area (Å²) in [6, 6.07) is 14.7. The van der Waals surface area contributed by atoms with Crippen LogP contribution in [0.15, 0.2) is 53.0 Å². The molecule has 0 saturated carbocycles. The van der Waals surface area contributed by atoms with E-state index in [2.05, 4.69) is 15.9 Å². The van der Waals surface area contributed by atoms with Gasteiger partial charge in [0, 0.05) is 15.9 Å². The summed E-state index contributed by atoms with van der Waals surface area (Å²) in [5, 5.41) is 0.593. The van der Waals surface area contributed by atoms with E-state index in [1.54, 1.807) is 24.3 Å². The second-order valence-electron chi connectivity index (χ2n) is 4.05. The lowest BCUT2D eigenvalue weighted by Gasteiger charge is -2.06. The summed E-state index contributed by atoms with van der Waals surface area (Å²) in [4.78, 5) is 11.8. The molecule has 0 fully saturated rings. The molecule has 19 heavy (non-hydrogen) atoms. The van der Waals surface area contributed by atoms with E-state index in [1.807, 2.05) is 24.3 Å². The van der Waals surface area contributed by atoms with Gasteiger partial charge in [0.25, 0.3) is 0 Å². The van der Waals surface area contributed by atoms with Crippen molar-refractivity contribution >= 4 is 33.3 Å². The molecule has 0 heterocycles. The van der Waals surface area contributed by atoms with Gasteiger partial charge in [0.15, 0.2) is 5.78 Å². The Bertz CT molecular complexity index is 584. The van der Waals surface area contributed by atoms with E-state index in [0.29, 0.717) is 17.2 Å². The standard InChI is InChI=1S/C15H12BrClO2/c16-15-7-2-1-4-11(15)8-13(18)10-19-14-6-3-5-12(17)9-14/h1-7,9H,8,10H2. The first-order chi connectivity index (χ1) is 9.15. The van der Waals surface area contributed by atoms with Gasteiger partial charge in [-0.2, -0.15) is 0 Å². The van der Waals surface area contributed by atoms with E-state index in [-0.39, 0.29) is 12.4 Å². The Morgan fingerprint density at radius 1 is 1.16 bits per heavy atom. The average molecular weight is 340 g/mol. The Labute approximate surface area is 125 Å². The highest BCUT2D eigenvalue weighted by atomic mass is 79.9. The van der Waals surface area contributed by atoms with Crippen LogP contribution in [-0.4, -0.2) is 12.4 Å². The fraction of sp³-hybridized carbons (Fsp3) is 0.133. The van der Waals surface area contributed by atoms with Gasteiger partial charge in [-0.15, -0.1) is 0 Å². The monoisotopic (exact) mass is 338 g/mol. The quantitative estimate of drug-likeness (QED) is 0.812. The molecule has 2 aromatic carbocycles. The second-order valence-corrected chi connectivity index (χ2v) is 5.34. The zero-order valence-electron chi connectivity index (χ0n) is 10.1. The molecule has 4 heteroatoms. The van der Waals surface area contributed by atoms with Gasteiger partial charge in [0.05, 0.1) is 0 Å². The van der Waals surface area contributed by atoms with E-state index >= 15 is 0 Å². The first-order valence-electron chi connectivity index (χ1n) is 5.78. The second kappa shape index (κ2) is 6.73. The predicted octanol–water partition coefficient (Wildman–Crippen LogP) is 4.29. The average Bonchev–Trinajstić information content (AvgIpc) is 2.39. The van der Waals surface area contributed by atoms with Gasteiger partial charge < -0.3 is 4.74 Å². The highest BCUT2D eigenvalue weighted by Crippen LogP contribution is 2.18. The maximum atomic E-state index is 11.8. The Kier molecular flexibility index (Phi) is 5.00. The van der Waals surface area contributed by atoms with Gasteiger partial charge in [-0.3, -0.25) is 4.79 Å². The minimum absolute atomic E-state index is 0.0203. The maximum absolute atomic E-state index is 11.8. The Balaban J connectivity index is 1.90. The largest absolute Gasteiger partial charge is 0.486 e. The molecule has 0 N–H and O–H groups in total. The maximum Gasteiger partial charge on any atom is 0.174 e. The molecule has 0 atom stereocenters. The number of rotatable bonds is 5. The molecule has 0 spiro atoms. The molecule has 2 nitrogen and oxygen atoms in total. The van der Waals surface area contributed by atoms with Crippen LogP contribution in [0.4, 0.5) is 0 Å². The van der Waals surface area contributed by atoms with Crippen LogP contribution in [0.5, 0.6) is 5.75 Å². The van der Waals surface area contributed by atoms with Crippen LogP contribution in [0, 0.1) is 0 Å². The smallest absolute Gasteiger partial charge is 0.174 e. The molecule has 0 saturated heterocycles. The fourth-order valence-corrected chi connectivity index (χ4v) is 2.23. The molecule has 0 aliphatic heterocycles. The normalized spacial score (nSPS) is 10.2. The van der Waals surface area contributed by atoms with Crippen molar-refractivity contribution in [2.24, 2.45) is 0 Å². The highest BCUT2D eigenvalue weighted by Gasteiger charge is 2.07. The van der Waals surface area contributed by atoms with Crippen LogP contribution < -0.4 is 4.74 Å². The van der Waals surface area contributed by atoms with Gasteiger partial charge in [-0.05, 0) is 29.8 Å². The number of hydrogen-bond acceptors (Lipinski definition) is 2. The highest BCUT2D eigenvalue weighted by molar-refractivity contribution is 9.10. The van der Waals surface area contributed by atoms with Gasteiger partial charge >= 0.3 is 0 Å².